The van der Waals surface area contributed by atoms with E-state index in [1.165, 1.54) is 41.8 Å². The molecule has 1 N–H and O–H groups in total. The normalized spacial score (nSPS) is 11.1. The topological polar surface area (TPSA) is 60.9 Å². The van der Waals surface area contributed by atoms with Crippen molar-refractivity contribution in [2.75, 3.05) is 18.0 Å². The van der Waals surface area contributed by atoms with E-state index in [0.717, 1.165) is 0 Å². The van der Waals surface area contributed by atoms with Gasteiger partial charge in [-0.1, -0.05) is 6.07 Å². The van der Waals surface area contributed by atoms with Crippen molar-refractivity contribution in [3.8, 4) is 0 Å². The number of carboxylic acid groups (broad SMARTS) is 1. The number of rotatable bonds is 5. The number of hydrogen-bond acceptors (Lipinski definition) is 2. The Labute approximate surface area is 124 Å². The monoisotopic (exact) mass is 296 g/mol. The molecule has 0 aliphatic rings. The lowest BCUT2D eigenvalue weighted by Crippen LogP contribution is -2.57. The van der Waals surface area contributed by atoms with Crippen LogP contribution in [0.4, 0.5) is 14.9 Å². The number of likely N-dealkylation sites (N-methyl/N-ethyl adjacent to an activating group) is 1. The summed E-state index contributed by atoms with van der Waals surface area (Å²) >= 11 is 0. The highest BCUT2D eigenvalue weighted by molar-refractivity contribution is 5.95. The molecular formula is C15H21FN2O3. The van der Waals surface area contributed by atoms with Crippen LogP contribution in [0.15, 0.2) is 24.3 Å². The standard InChI is InChI=1S/C15H21FN2O3/c1-5-17(12-9-7-8-11(16)10-12)14(21)18(6-2)15(3,4)13(19)20/h7-10H,5-6H2,1-4H3,(H,19,20). The maximum Gasteiger partial charge on any atom is 0.329 e. The molecule has 0 atom stereocenters. The Hall–Kier alpha value is -2.11. The van der Waals surface area contributed by atoms with Crippen molar-refractivity contribution in [2.24, 2.45) is 0 Å². The Morgan fingerprint density at radius 2 is 1.86 bits per heavy atom. The highest BCUT2D eigenvalue weighted by Crippen LogP contribution is 2.22. The van der Waals surface area contributed by atoms with Crippen LogP contribution in [-0.4, -0.2) is 40.6 Å². The maximum atomic E-state index is 13.3. The van der Waals surface area contributed by atoms with Crippen LogP contribution in [0, 0.1) is 5.82 Å². The van der Waals surface area contributed by atoms with Crippen molar-refractivity contribution in [1.29, 1.82) is 0 Å². The maximum absolute atomic E-state index is 13.3. The van der Waals surface area contributed by atoms with Crippen LogP contribution in [0.3, 0.4) is 0 Å². The Morgan fingerprint density at radius 1 is 1.24 bits per heavy atom. The number of carbonyl (C=O) groups excluding carboxylic acids is 1. The highest BCUT2D eigenvalue weighted by Gasteiger charge is 2.38. The molecule has 0 aliphatic carbocycles. The number of hydrogen-bond donors (Lipinski definition) is 1. The molecule has 0 bridgehead atoms. The van der Waals surface area contributed by atoms with Gasteiger partial charge in [0.25, 0.3) is 0 Å². The SMILES string of the molecule is CCN(C(=O)N(CC)C(C)(C)C(=O)O)c1cccc(F)c1. The third-order valence-corrected chi connectivity index (χ3v) is 3.41. The molecule has 0 spiro atoms. The zero-order valence-corrected chi connectivity index (χ0v) is 12.8. The summed E-state index contributed by atoms with van der Waals surface area (Å²) in [4.78, 5) is 26.6. The van der Waals surface area contributed by atoms with Gasteiger partial charge in [-0.05, 0) is 45.9 Å². The van der Waals surface area contributed by atoms with Gasteiger partial charge >= 0.3 is 12.0 Å². The molecule has 1 aromatic rings. The molecular weight excluding hydrogens is 275 g/mol. The van der Waals surface area contributed by atoms with Gasteiger partial charge in [-0.3, -0.25) is 4.90 Å². The third kappa shape index (κ3) is 3.51. The molecule has 0 fully saturated rings. The predicted molar refractivity (Wildman–Crippen MR) is 78.9 cm³/mol. The van der Waals surface area contributed by atoms with Gasteiger partial charge in [0.05, 0.1) is 0 Å². The van der Waals surface area contributed by atoms with E-state index < -0.39 is 23.4 Å². The largest absolute Gasteiger partial charge is 0.480 e. The van der Waals surface area contributed by atoms with Crippen molar-refractivity contribution in [1.82, 2.24) is 4.90 Å². The summed E-state index contributed by atoms with van der Waals surface area (Å²) in [5.41, 5.74) is -0.936. The van der Waals surface area contributed by atoms with Crippen molar-refractivity contribution >= 4 is 17.7 Å². The van der Waals surface area contributed by atoms with Crippen LogP contribution >= 0.6 is 0 Å². The quantitative estimate of drug-likeness (QED) is 0.908. The first-order valence-electron chi connectivity index (χ1n) is 6.83. The van der Waals surface area contributed by atoms with Crippen molar-refractivity contribution in [3.63, 3.8) is 0 Å². The lowest BCUT2D eigenvalue weighted by molar-refractivity contribution is -0.147. The molecule has 0 aromatic heterocycles. The Kier molecular flexibility index (Phi) is 5.29. The smallest absolute Gasteiger partial charge is 0.329 e. The summed E-state index contributed by atoms with van der Waals surface area (Å²) in [5.74, 6) is -1.53. The summed E-state index contributed by atoms with van der Waals surface area (Å²) in [6, 6.07) is 5.22. The van der Waals surface area contributed by atoms with E-state index in [9.17, 15) is 19.1 Å². The summed E-state index contributed by atoms with van der Waals surface area (Å²) in [7, 11) is 0. The molecule has 21 heavy (non-hydrogen) atoms. The van der Waals surface area contributed by atoms with Gasteiger partial charge in [0.15, 0.2) is 0 Å². The van der Waals surface area contributed by atoms with Crippen LogP contribution in [0.5, 0.6) is 0 Å². The Morgan fingerprint density at radius 3 is 2.29 bits per heavy atom. The molecule has 0 saturated heterocycles. The lowest BCUT2D eigenvalue weighted by Gasteiger charge is -2.37. The zero-order chi connectivity index (χ0) is 16.2. The number of anilines is 1. The average Bonchev–Trinajstić information content (AvgIpc) is 2.40. The van der Waals surface area contributed by atoms with Crippen LogP contribution in [0.25, 0.3) is 0 Å². The van der Waals surface area contributed by atoms with Crippen LogP contribution in [0.2, 0.25) is 0 Å². The Bertz CT molecular complexity index is 531. The number of carbonyl (C=O) groups is 2. The van der Waals surface area contributed by atoms with Gasteiger partial charge in [-0.25, -0.2) is 14.0 Å². The Balaban J connectivity index is 3.15. The minimum absolute atomic E-state index is 0.240. The van der Waals surface area contributed by atoms with E-state index in [4.69, 9.17) is 0 Å². The lowest BCUT2D eigenvalue weighted by atomic mass is 10.0. The fraction of sp³-hybridized carbons (Fsp3) is 0.467. The first-order valence-corrected chi connectivity index (χ1v) is 6.83. The fourth-order valence-electron chi connectivity index (χ4n) is 2.10. The molecule has 116 valence electrons. The van der Waals surface area contributed by atoms with E-state index in [0.29, 0.717) is 12.2 Å². The van der Waals surface area contributed by atoms with E-state index >= 15 is 0 Å². The molecule has 0 saturated carbocycles. The minimum Gasteiger partial charge on any atom is -0.480 e. The van der Waals surface area contributed by atoms with Gasteiger partial charge in [0, 0.05) is 18.8 Å². The summed E-state index contributed by atoms with van der Waals surface area (Å²) in [5, 5.41) is 9.29. The highest BCUT2D eigenvalue weighted by atomic mass is 19.1. The minimum atomic E-state index is -1.34. The molecule has 0 unspecified atom stereocenters. The second-order valence-corrected chi connectivity index (χ2v) is 5.12. The van der Waals surface area contributed by atoms with E-state index in [1.54, 1.807) is 19.9 Å². The number of urea groups is 1. The van der Waals surface area contributed by atoms with Gasteiger partial charge < -0.3 is 10.0 Å². The summed E-state index contributed by atoms with van der Waals surface area (Å²) in [6.45, 7) is 6.96. The number of benzene rings is 1. The predicted octanol–water partition coefficient (Wildman–Crippen LogP) is 2.96. The van der Waals surface area contributed by atoms with Crippen LogP contribution in [-0.2, 0) is 4.79 Å². The van der Waals surface area contributed by atoms with Gasteiger partial charge in [-0.2, -0.15) is 0 Å². The summed E-state index contributed by atoms with van der Waals surface area (Å²) < 4.78 is 13.3. The molecule has 6 heteroatoms. The third-order valence-electron chi connectivity index (χ3n) is 3.41. The van der Waals surface area contributed by atoms with Crippen LogP contribution < -0.4 is 4.90 Å². The molecule has 0 aliphatic heterocycles. The number of aliphatic carboxylic acids is 1. The van der Waals surface area contributed by atoms with Crippen molar-refractivity contribution < 1.29 is 19.1 Å². The number of carboxylic acids is 1. The van der Waals surface area contributed by atoms with Crippen molar-refractivity contribution in [3.05, 3.63) is 30.1 Å². The van der Waals surface area contributed by atoms with Gasteiger partial charge in [-0.15, -0.1) is 0 Å². The first kappa shape index (κ1) is 16.9. The van der Waals surface area contributed by atoms with Crippen LogP contribution in [0.1, 0.15) is 27.7 Å². The number of nitrogens with zero attached hydrogens (tertiary/aromatic N) is 2. The van der Waals surface area contributed by atoms with Crippen molar-refractivity contribution in [2.45, 2.75) is 33.2 Å². The molecule has 0 radical (unpaired) electrons. The first-order chi connectivity index (χ1) is 9.75. The van der Waals surface area contributed by atoms with E-state index in [2.05, 4.69) is 0 Å². The second kappa shape index (κ2) is 6.56. The average molecular weight is 296 g/mol. The fourth-order valence-corrected chi connectivity index (χ4v) is 2.10. The van der Waals surface area contributed by atoms with Gasteiger partial charge in [0.2, 0.25) is 0 Å². The molecule has 5 nitrogen and oxygen atoms in total. The molecule has 2 amide bonds. The van der Waals surface area contributed by atoms with E-state index in [-0.39, 0.29) is 6.54 Å². The van der Waals surface area contributed by atoms with Gasteiger partial charge in [0.1, 0.15) is 11.4 Å². The molecule has 1 aromatic carbocycles. The zero-order valence-electron chi connectivity index (χ0n) is 12.8. The molecule has 0 heterocycles. The number of amides is 2. The summed E-state index contributed by atoms with van der Waals surface area (Å²) in [6.07, 6.45) is 0. The molecule has 1 rings (SSSR count). The van der Waals surface area contributed by atoms with E-state index in [1.807, 2.05) is 0 Å². The second-order valence-electron chi connectivity index (χ2n) is 5.12. The number of halogens is 1.